The summed E-state index contributed by atoms with van der Waals surface area (Å²) in [5, 5.41) is 4.09. The van der Waals surface area contributed by atoms with E-state index < -0.39 is 0 Å². The molecule has 7 heteroatoms. The van der Waals surface area contributed by atoms with Crippen molar-refractivity contribution in [1.29, 1.82) is 0 Å². The Labute approximate surface area is 169 Å². The van der Waals surface area contributed by atoms with Crippen LogP contribution in [0.3, 0.4) is 0 Å². The molecule has 1 unspecified atom stereocenters. The number of rotatable bonds is 4. The number of carbonyl (C=O) groups is 2. The molecule has 1 aliphatic carbocycles. The molecule has 5 rings (SSSR count). The van der Waals surface area contributed by atoms with Gasteiger partial charge in [0.15, 0.2) is 0 Å². The van der Waals surface area contributed by atoms with Crippen LogP contribution in [-0.2, 0) is 17.8 Å². The van der Waals surface area contributed by atoms with Crippen molar-refractivity contribution in [2.45, 2.75) is 51.2 Å². The summed E-state index contributed by atoms with van der Waals surface area (Å²) in [7, 11) is 0. The molecule has 1 aromatic carbocycles. The van der Waals surface area contributed by atoms with Gasteiger partial charge in [-0.15, -0.1) is 0 Å². The summed E-state index contributed by atoms with van der Waals surface area (Å²) in [5.74, 6) is 0.850. The van der Waals surface area contributed by atoms with E-state index in [9.17, 15) is 9.59 Å². The van der Waals surface area contributed by atoms with Crippen LogP contribution in [-0.4, -0.2) is 43.8 Å². The van der Waals surface area contributed by atoms with E-state index in [1.165, 1.54) is 6.42 Å². The van der Waals surface area contributed by atoms with Crippen LogP contribution in [0.5, 0.6) is 0 Å². The molecule has 150 valence electrons. The molecule has 1 saturated carbocycles. The van der Waals surface area contributed by atoms with Crippen LogP contribution in [0.2, 0.25) is 0 Å². The number of aromatic nitrogens is 3. The van der Waals surface area contributed by atoms with Gasteiger partial charge >= 0.3 is 0 Å². The Hall–Kier alpha value is -3.09. The van der Waals surface area contributed by atoms with Crippen molar-refractivity contribution < 1.29 is 9.59 Å². The number of hydrogen-bond acceptors (Lipinski definition) is 3. The molecule has 0 radical (unpaired) electrons. The first-order valence-electron chi connectivity index (χ1n) is 10.3. The summed E-state index contributed by atoms with van der Waals surface area (Å²) in [5.41, 5.74) is 2.32. The fourth-order valence-corrected chi connectivity index (χ4v) is 4.25. The maximum atomic E-state index is 13.1. The molecule has 3 aromatic rings. The Balaban J connectivity index is 1.32. The first kappa shape index (κ1) is 18.0. The van der Waals surface area contributed by atoms with Gasteiger partial charge in [-0.1, -0.05) is 18.2 Å². The number of imidazole rings is 1. The fourth-order valence-electron chi connectivity index (χ4n) is 4.25. The van der Waals surface area contributed by atoms with Gasteiger partial charge in [0.2, 0.25) is 5.91 Å². The summed E-state index contributed by atoms with van der Waals surface area (Å²) in [4.78, 5) is 35.1. The Morgan fingerprint density at radius 2 is 2.07 bits per heavy atom. The Kier molecular flexibility index (Phi) is 4.38. The highest BCUT2D eigenvalue weighted by molar-refractivity contribution is 5.98. The van der Waals surface area contributed by atoms with Crippen molar-refractivity contribution in [2.75, 3.05) is 6.54 Å². The number of nitrogens with zero attached hydrogens (tertiary/aromatic N) is 3. The molecule has 29 heavy (non-hydrogen) atoms. The lowest BCUT2D eigenvalue weighted by molar-refractivity contribution is -0.121. The van der Waals surface area contributed by atoms with Gasteiger partial charge in [-0.25, -0.2) is 4.98 Å². The van der Waals surface area contributed by atoms with Crippen LogP contribution in [0.25, 0.3) is 10.9 Å². The van der Waals surface area contributed by atoms with Crippen molar-refractivity contribution in [3.63, 3.8) is 0 Å². The zero-order valence-corrected chi connectivity index (χ0v) is 16.5. The molecular formula is C22H25N5O2. The Morgan fingerprint density at radius 3 is 2.83 bits per heavy atom. The maximum absolute atomic E-state index is 13.1. The van der Waals surface area contributed by atoms with Gasteiger partial charge in [0.05, 0.1) is 18.2 Å². The van der Waals surface area contributed by atoms with E-state index in [4.69, 9.17) is 4.98 Å². The smallest absolute Gasteiger partial charge is 0.270 e. The fraction of sp³-hybridized carbons (Fsp3) is 0.409. The van der Waals surface area contributed by atoms with E-state index in [0.717, 1.165) is 35.3 Å². The molecule has 0 bridgehead atoms. The molecule has 1 fully saturated rings. The van der Waals surface area contributed by atoms with Gasteiger partial charge in [0.25, 0.3) is 5.91 Å². The summed E-state index contributed by atoms with van der Waals surface area (Å²) >= 11 is 0. The van der Waals surface area contributed by atoms with E-state index in [2.05, 4.69) is 14.9 Å². The zero-order chi connectivity index (χ0) is 20.0. The van der Waals surface area contributed by atoms with Gasteiger partial charge in [-0.3, -0.25) is 9.59 Å². The Morgan fingerprint density at radius 1 is 1.24 bits per heavy atom. The first-order chi connectivity index (χ1) is 14.1. The van der Waals surface area contributed by atoms with Gasteiger partial charge in [0, 0.05) is 36.2 Å². The van der Waals surface area contributed by atoms with Crippen LogP contribution in [0.4, 0.5) is 0 Å². The predicted molar refractivity (Wildman–Crippen MR) is 109 cm³/mol. The molecule has 3 heterocycles. The zero-order valence-electron chi connectivity index (χ0n) is 16.5. The van der Waals surface area contributed by atoms with Crippen LogP contribution in [0.1, 0.15) is 54.2 Å². The number of nitrogens with one attached hydrogen (secondary N) is 2. The lowest BCUT2D eigenvalue weighted by Crippen LogP contribution is -2.41. The number of hydrogen-bond donors (Lipinski definition) is 2. The van der Waals surface area contributed by atoms with E-state index >= 15 is 0 Å². The van der Waals surface area contributed by atoms with Gasteiger partial charge in [-0.05, 0) is 38.3 Å². The molecule has 2 aliphatic rings. The minimum Gasteiger partial charge on any atom is -0.353 e. The SMILES string of the molecule is CC1c2nc(CC(=O)NC3CCC3)cn2CCN1C(=O)c1cc2ccccc2[nH]1. The van der Waals surface area contributed by atoms with Crippen LogP contribution in [0, 0.1) is 0 Å². The van der Waals surface area contributed by atoms with Crippen molar-refractivity contribution >= 4 is 22.7 Å². The molecular weight excluding hydrogens is 366 g/mol. The number of H-pyrrole nitrogens is 1. The predicted octanol–water partition coefficient (Wildman–Crippen LogP) is 2.79. The van der Waals surface area contributed by atoms with E-state index in [-0.39, 0.29) is 17.9 Å². The second-order valence-corrected chi connectivity index (χ2v) is 8.10. The maximum Gasteiger partial charge on any atom is 0.270 e. The highest BCUT2D eigenvalue weighted by atomic mass is 16.2. The largest absolute Gasteiger partial charge is 0.353 e. The Bertz CT molecular complexity index is 1050. The van der Waals surface area contributed by atoms with Crippen molar-refractivity contribution in [3.8, 4) is 0 Å². The number of aromatic amines is 1. The molecule has 0 saturated heterocycles. The molecule has 1 atom stereocenters. The average molecular weight is 391 g/mol. The third kappa shape index (κ3) is 3.30. The molecule has 7 nitrogen and oxygen atoms in total. The standard InChI is InChI=1S/C22H25N5O2/c1-14-21-24-17(12-20(28)23-16-6-4-7-16)13-26(21)9-10-27(14)22(29)19-11-15-5-2-3-8-18(15)25-19/h2-3,5,8,11,13-14,16,25H,4,6-7,9-10,12H2,1H3,(H,23,28). The first-order valence-corrected chi connectivity index (χ1v) is 10.3. The highest BCUT2D eigenvalue weighted by Crippen LogP contribution is 2.27. The second kappa shape index (κ2) is 7.06. The van der Waals surface area contributed by atoms with Crippen LogP contribution in [0.15, 0.2) is 36.5 Å². The second-order valence-electron chi connectivity index (χ2n) is 8.10. The summed E-state index contributed by atoms with van der Waals surface area (Å²) < 4.78 is 2.08. The number of fused-ring (bicyclic) bond motifs is 2. The van der Waals surface area contributed by atoms with Gasteiger partial charge < -0.3 is 19.8 Å². The van der Waals surface area contributed by atoms with Crippen LogP contribution >= 0.6 is 0 Å². The molecule has 2 aromatic heterocycles. The molecule has 2 amide bonds. The number of benzene rings is 1. The average Bonchev–Trinajstić information content (AvgIpc) is 3.28. The van der Waals surface area contributed by atoms with Crippen molar-refractivity contribution in [2.24, 2.45) is 0 Å². The summed E-state index contributed by atoms with van der Waals surface area (Å²) in [6.45, 7) is 3.30. The summed E-state index contributed by atoms with van der Waals surface area (Å²) in [6, 6.07) is 9.98. The van der Waals surface area contributed by atoms with Crippen LogP contribution < -0.4 is 5.32 Å². The number of carbonyl (C=O) groups excluding carboxylic acids is 2. The molecule has 1 aliphatic heterocycles. The topological polar surface area (TPSA) is 83.0 Å². The quantitative estimate of drug-likeness (QED) is 0.717. The highest BCUT2D eigenvalue weighted by Gasteiger charge is 2.31. The normalized spacial score (nSPS) is 19.1. The van der Waals surface area contributed by atoms with E-state index in [1.807, 2.05) is 48.4 Å². The minimum atomic E-state index is -0.147. The van der Waals surface area contributed by atoms with Gasteiger partial charge in [-0.2, -0.15) is 0 Å². The van der Waals surface area contributed by atoms with E-state index in [1.54, 1.807) is 0 Å². The number of amides is 2. The summed E-state index contributed by atoms with van der Waals surface area (Å²) in [6.07, 6.45) is 5.60. The van der Waals surface area contributed by atoms with Crippen molar-refractivity contribution in [1.82, 2.24) is 24.8 Å². The molecule has 2 N–H and O–H groups in total. The third-order valence-electron chi connectivity index (χ3n) is 6.11. The van der Waals surface area contributed by atoms with E-state index in [0.29, 0.717) is 31.2 Å². The lowest BCUT2D eigenvalue weighted by atomic mass is 9.93. The lowest BCUT2D eigenvalue weighted by Gasteiger charge is -2.33. The minimum absolute atomic E-state index is 0.0211. The third-order valence-corrected chi connectivity index (χ3v) is 6.11. The van der Waals surface area contributed by atoms with Crippen molar-refractivity contribution in [3.05, 3.63) is 53.7 Å². The van der Waals surface area contributed by atoms with Gasteiger partial charge in [0.1, 0.15) is 11.5 Å². The number of para-hydroxylation sites is 1. The molecule has 0 spiro atoms. The monoisotopic (exact) mass is 391 g/mol.